The Balaban J connectivity index is 0.000000235. The third-order valence-electron chi connectivity index (χ3n) is 4.21. The van der Waals surface area contributed by atoms with E-state index in [9.17, 15) is 13.0 Å². The fourth-order valence-electron chi connectivity index (χ4n) is 2.74. The first-order chi connectivity index (χ1) is 14.1. The molecule has 1 atom stereocenters. The number of aromatic nitrogens is 1. The summed E-state index contributed by atoms with van der Waals surface area (Å²) in [7, 11) is -9.40. The molecule has 30 heavy (non-hydrogen) atoms. The van der Waals surface area contributed by atoms with E-state index in [4.69, 9.17) is 14.3 Å². The fraction of sp³-hybridized carbons (Fsp3) is 0.190. The minimum Gasteiger partial charge on any atom is -0.323 e. The summed E-state index contributed by atoms with van der Waals surface area (Å²) < 4.78 is 39.8. The van der Waals surface area contributed by atoms with Crippen LogP contribution in [-0.2, 0) is 14.7 Å². The number of nitrogens with zero attached hydrogens (tertiary/aromatic N) is 1. The van der Waals surface area contributed by atoms with E-state index in [1.165, 1.54) is 11.1 Å². The minimum atomic E-state index is -4.75. The van der Waals surface area contributed by atoms with Gasteiger partial charge in [-0.2, -0.15) is 8.42 Å². The van der Waals surface area contributed by atoms with E-state index in [2.05, 4.69) is 53.5 Å². The number of benzene rings is 2. The van der Waals surface area contributed by atoms with Crippen molar-refractivity contribution in [3.05, 3.63) is 79.0 Å². The normalized spacial score (nSPS) is 12.5. The molecule has 0 amide bonds. The molecule has 1 aromatic heterocycles. The van der Waals surface area contributed by atoms with Gasteiger partial charge in [-0.1, -0.05) is 74.0 Å². The summed E-state index contributed by atoms with van der Waals surface area (Å²) in [5.74, 6) is 0. The maximum atomic E-state index is 10.5. The molecular formula is C21H24NO6PS. The molecule has 1 heterocycles. The van der Waals surface area contributed by atoms with E-state index in [0.29, 0.717) is 0 Å². The van der Waals surface area contributed by atoms with Crippen LogP contribution < -0.4 is 0 Å². The molecule has 0 bridgehead atoms. The van der Waals surface area contributed by atoms with Gasteiger partial charge in [0.2, 0.25) is 0 Å². The molecular weight excluding hydrogens is 425 g/mol. The van der Waals surface area contributed by atoms with Crippen molar-refractivity contribution >= 4 is 17.7 Å². The molecule has 3 N–H and O–H groups in total. The molecule has 0 fully saturated rings. The second-order valence-electron chi connectivity index (χ2n) is 6.51. The molecule has 0 aliphatic heterocycles. The van der Waals surface area contributed by atoms with Crippen molar-refractivity contribution in [1.29, 1.82) is 0 Å². The SMILES string of the molecule is CCCC(P(=O)(O)O)S(=O)(=O)O.c1ccc(-c2ccc(-c3ccccn3)cc2)cc1. The summed E-state index contributed by atoms with van der Waals surface area (Å²) in [5.41, 5.74) is 4.63. The van der Waals surface area contributed by atoms with E-state index in [1.54, 1.807) is 6.92 Å². The Morgan fingerprint density at radius 1 is 0.867 bits per heavy atom. The highest BCUT2D eigenvalue weighted by Crippen LogP contribution is 2.45. The lowest BCUT2D eigenvalue weighted by Gasteiger charge is -2.13. The molecule has 0 saturated carbocycles. The molecule has 1 unspecified atom stereocenters. The van der Waals surface area contributed by atoms with Gasteiger partial charge in [0.25, 0.3) is 10.1 Å². The van der Waals surface area contributed by atoms with Gasteiger partial charge in [0, 0.05) is 11.8 Å². The topological polar surface area (TPSA) is 125 Å². The highest BCUT2D eigenvalue weighted by molar-refractivity contribution is 7.93. The quantitative estimate of drug-likeness (QED) is 0.371. The maximum absolute atomic E-state index is 10.5. The zero-order valence-electron chi connectivity index (χ0n) is 16.4. The van der Waals surface area contributed by atoms with E-state index < -0.39 is 22.7 Å². The van der Waals surface area contributed by atoms with Crippen LogP contribution in [0.3, 0.4) is 0 Å². The van der Waals surface area contributed by atoms with Crippen LogP contribution in [0.25, 0.3) is 22.4 Å². The molecule has 0 aliphatic carbocycles. The van der Waals surface area contributed by atoms with Gasteiger partial charge < -0.3 is 9.79 Å². The fourth-order valence-corrected chi connectivity index (χ4v) is 5.25. The predicted molar refractivity (Wildman–Crippen MR) is 117 cm³/mol. The van der Waals surface area contributed by atoms with Crippen LogP contribution in [0.15, 0.2) is 79.0 Å². The van der Waals surface area contributed by atoms with Crippen molar-refractivity contribution in [2.75, 3.05) is 0 Å². The van der Waals surface area contributed by atoms with E-state index in [0.717, 1.165) is 11.3 Å². The molecule has 0 aliphatic rings. The van der Waals surface area contributed by atoms with Crippen molar-refractivity contribution < 1.29 is 27.3 Å². The Bertz CT molecular complexity index is 1010. The van der Waals surface area contributed by atoms with Crippen LogP contribution in [0, 0.1) is 0 Å². The summed E-state index contributed by atoms with van der Waals surface area (Å²) in [6.45, 7) is 1.56. The number of hydrogen-bond acceptors (Lipinski definition) is 4. The third kappa shape index (κ3) is 7.16. The molecule has 9 heteroatoms. The monoisotopic (exact) mass is 449 g/mol. The van der Waals surface area contributed by atoms with Gasteiger partial charge in [-0.25, -0.2) is 0 Å². The molecule has 160 valence electrons. The van der Waals surface area contributed by atoms with Crippen LogP contribution in [0.1, 0.15) is 19.8 Å². The lowest BCUT2D eigenvalue weighted by Crippen LogP contribution is -2.20. The van der Waals surface area contributed by atoms with Crippen molar-refractivity contribution in [2.45, 2.75) is 24.8 Å². The molecule has 3 aromatic rings. The molecule has 2 aromatic carbocycles. The van der Waals surface area contributed by atoms with Gasteiger partial charge in [-0.05, 0) is 29.7 Å². The maximum Gasteiger partial charge on any atom is 0.346 e. The van der Waals surface area contributed by atoms with Crippen molar-refractivity contribution in [2.24, 2.45) is 0 Å². The Morgan fingerprint density at radius 2 is 1.40 bits per heavy atom. The van der Waals surface area contributed by atoms with Gasteiger partial charge in [0.05, 0.1) is 5.69 Å². The second-order valence-corrected chi connectivity index (χ2v) is 10.3. The highest BCUT2D eigenvalue weighted by Gasteiger charge is 2.38. The summed E-state index contributed by atoms with van der Waals surface area (Å²) in [6, 6.07) is 24.9. The summed E-state index contributed by atoms with van der Waals surface area (Å²) in [5, 5.41) is 0. The number of hydrogen-bond donors (Lipinski definition) is 3. The first-order valence-corrected chi connectivity index (χ1v) is 12.4. The zero-order valence-corrected chi connectivity index (χ0v) is 18.1. The lowest BCUT2D eigenvalue weighted by atomic mass is 10.0. The smallest absolute Gasteiger partial charge is 0.323 e. The van der Waals surface area contributed by atoms with Gasteiger partial charge in [-0.3, -0.25) is 14.1 Å². The highest BCUT2D eigenvalue weighted by atomic mass is 32.2. The Morgan fingerprint density at radius 3 is 1.83 bits per heavy atom. The largest absolute Gasteiger partial charge is 0.346 e. The second kappa shape index (κ2) is 10.6. The van der Waals surface area contributed by atoms with Crippen LogP contribution in [0.4, 0.5) is 0 Å². The van der Waals surface area contributed by atoms with Crippen LogP contribution in [0.5, 0.6) is 0 Å². The van der Waals surface area contributed by atoms with E-state index >= 15 is 0 Å². The summed E-state index contributed by atoms with van der Waals surface area (Å²) >= 11 is 0. The first kappa shape index (κ1) is 23.9. The standard InChI is InChI=1S/C17H13N.C4H11O6PS/c1-2-6-14(7-3-1)15-9-11-16(12-10-15)17-8-4-5-13-18-17;1-2-3-4(11(5,6)7)12(8,9)10/h1-13H;4H,2-3H2,1H3,(H2,5,6,7)(H,8,9,10). The van der Waals surface area contributed by atoms with Gasteiger partial charge in [-0.15, -0.1) is 0 Å². The average molecular weight is 449 g/mol. The van der Waals surface area contributed by atoms with Gasteiger partial charge >= 0.3 is 7.60 Å². The van der Waals surface area contributed by atoms with E-state index in [-0.39, 0.29) is 12.8 Å². The number of pyridine rings is 1. The molecule has 3 rings (SSSR count). The van der Waals surface area contributed by atoms with Gasteiger partial charge in [0.15, 0.2) is 4.99 Å². The summed E-state index contributed by atoms with van der Waals surface area (Å²) in [6.07, 6.45) is 1.85. The molecule has 0 radical (unpaired) electrons. The zero-order chi connectivity index (χ0) is 22.2. The van der Waals surface area contributed by atoms with E-state index in [1.807, 2.05) is 30.5 Å². The van der Waals surface area contributed by atoms with Crippen molar-refractivity contribution in [1.82, 2.24) is 4.98 Å². The molecule has 0 saturated heterocycles. The molecule has 0 spiro atoms. The van der Waals surface area contributed by atoms with Crippen LogP contribution >= 0.6 is 7.60 Å². The van der Waals surface area contributed by atoms with Gasteiger partial charge in [0.1, 0.15) is 0 Å². The number of rotatable bonds is 6. The Kier molecular flexibility index (Phi) is 8.46. The first-order valence-electron chi connectivity index (χ1n) is 9.21. The minimum absolute atomic E-state index is 0.247. The Hall–Kier alpha value is -2.35. The third-order valence-corrected chi connectivity index (χ3v) is 7.76. The lowest BCUT2D eigenvalue weighted by molar-refractivity contribution is 0.361. The average Bonchev–Trinajstić information content (AvgIpc) is 2.72. The predicted octanol–water partition coefficient (Wildman–Crippen LogP) is 4.59. The van der Waals surface area contributed by atoms with Crippen molar-refractivity contribution in [3.63, 3.8) is 0 Å². The molecule has 7 nitrogen and oxygen atoms in total. The van der Waals surface area contributed by atoms with Crippen molar-refractivity contribution in [3.8, 4) is 22.4 Å². The summed E-state index contributed by atoms with van der Waals surface area (Å²) in [4.78, 5) is 19.4. The van der Waals surface area contributed by atoms with Crippen LogP contribution in [-0.4, -0.2) is 32.7 Å². The Labute approximate surface area is 176 Å². The van der Waals surface area contributed by atoms with Crippen LogP contribution in [0.2, 0.25) is 0 Å².